The van der Waals surface area contributed by atoms with Gasteiger partial charge in [0.1, 0.15) is 12.2 Å². The molecule has 0 aromatic carbocycles. The number of hydrogen-bond donors (Lipinski definition) is 6. The Balaban J connectivity index is 0.000000310. The third kappa shape index (κ3) is 10.6. The zero-order valence-electron chi connectivity index (χ0n) is 38.2. The van der Waals surface area contributed by atoms with Crippen molar-refractivity contribution in [2.75, 3.05) is 0 Å². The smallest absolute Gasteiger partial charge is 0.311 e. The van der Waals surface area contributed by atoms with Crippen LogP contribution < -0.4 is 0 Å². The summed E-state index contributed by atoms with van der Waals surface area (Å²) in [6, 6.07) is 0. The number of rotatable bonds is 0. The van der Waals surface area contributed by atoms with Gasteiger partial charge in [0.15, 0.2) is 11.6 Å². The summed E-state index contributed by atoms with van der Waals surface area (Å²) in [5, 5.41) is 66.7. The van der Waals surface area contributed by atoms with E-state index in [2.05, 4.69) is 0 Å². The van der Waals surface area contributed by atoms with Crippen molar-refractivity contribution in [3.8, 4) is 0 Å². The average Bonchev–Trinajstić information content (AvgIpc) is 3.16. The molecule has 12 nitrogen and oxygen atoms in total. The normalized spacial score (nSPS) is 52.1. The Morgan fingerprint density at radius 1 is 0.534 bits per heavy atom. The fourth-order valence-electron chi connectivity index (χ4n) is 9.90. The summed E-state index contributed by atoms with van der Waals surface area (Å²) in [5.74, 6) is -7.69. The summed E-state index contributed by atoms with van der Waals surface area (Å²) >= 11 is 0. The Morgan fingerprint density at radius 3 is 1.12 bits per heavy atom. The molecule has 58 heavy (non-hydrogen) atoms. The van der Waals surface area contributed by atoms with Gasteiger partial charge in [0, 0.05) is 47.3 Å². The minimum Gasteiger partial charge on any atom is -0.462 e. The van der Waals surface area contributed by atoms with E-state index in [9.17, 15) is 40.2 Å². The predicted octanol–water partition coefficient (Wildman–Crippen LogP) is 5.79. The highest BCUT2D eigenvalue weighted by Crippen LogP contribution is 2.47. The highest BCUT2D eigenvalue weighted by atomic mass is 16.6. The molecule has 22 atom stereocenters. The molecule has 2 fully saturated rings. The molecule has 4 rings (SSSR count). The molecule has 12 heteroatoms. The summed E-state index contributed by atoms with van der Waals surface area (Å²) in [6.07, 6.45) is -0.251. The van der Waals surface area contributed by atoms with E-state index in [0.29, 0.717) is 24.0 Å². The minimum atomic E-state index is -1.53. The van der Waals surface area contributed by atoms with Crippen LogP contribution in [0.25, 0.3) is 0 Å². The first-order chi connectivity index (χ1) is 26.6. The van der Waals surface area contributed by atoms with Gasteiger partial charge in [-0.3, -0.25) is 9.59 Å². The van der Waals surface area contributed by atoms with Crippen LogP contribution in [0.2, 0.25) is 0 Å². The van der Waals surface area contributed by atoms with Crippen molar-refractivity contribution in [3.05, 3.63) is 23.3 Å². The molecule has 0 spiro atoms. The number of aliphatic hydroxyl groups excluding tert-OH is 4. The molecule has 4 aliphatic rings. The Bertz CT molecular complexity index is 1340. The van der Waals surface area contributed by atoms with E-state index in [1.54, 1.807) is 27.7 Å². The van der Waals surface area contributed by atoms with Crippen LogP contribution in [0.15, 0.2) is 23.3 Å². The highest BCUT2D eigenvalue weighted by Gasteiger charge is 2.54. The van der Waals surface area contributed by atoms with Crippen LogP contribution in [0.5, 0.6) is 0 Å². The number of esters is 2. The van der Waals surface area contributed by atoms with Crippen molar-refractivity contribution < 1.29 is 59.2 Å². The van der Waals surface area contributed by atoms with E-state index in [1.165, 1.54) is 0 Å². The summed E-state index contributed by atoms with van der Waals surface area (Å²) in [4.78, 5) is 25.2. The second-order valence-corrected chi connectivity index (χ2v) is 19.5. The predicted molar refractivity (Wildman–Crippen MR) is 221 cm³/mol. The van der Waals surface area contributed by atoms with Gasteiger partial charge in [0.2, 0.25) is 0 Å². The van der Waals surface area contributed by atoms with Crippen molar-refractivity contribution in [3.63, 3.8) is 0 Å². The average molecular weight is 825 g/mol. The Morgan fingerprint density at radius 2 is 0.828 bits per heavy atom. The maximum atomic E-state index is 12.6. The summed E-state index contributed by atoms with van der Waals surface area (Å²) in [5.41, 5.74) is 1.43. The first kappa shape index (κ1) is 50.5. The van der Waals surface area contributed by atoms with E-state index in [4.69, 9.17) is 18.9 Å². The van der Waals surface area contributed by atoms with Crippen LogP contribution in [-0.2, 0) is 28.5 Å². The van der Waals surface area contributed by atoms with Crippen LogP contribution in [0.4, 0.5) is 0 Å². The molecule has 2 saturated heterocycles. The third-order valence-corrected chi connectivity index (χ3v) is 14.8. The lowest BCUT2D eigenvalue weighted by atomic mass is 9.72. The van der Waals surface area contributed by atoms with E-state index in [0.717, 1.165) is 0 Å². The quantitative estimate of drug-likeness (QED) is 0.128. The molecule has 4 aliphatic heterocycles. The van der Waals surface area contributed by atoms with E-state index in [1.807, 2.05) is 95.2 Å². The number of aliphatic hydroxyl groups is 6. The first-order valence-corrected chi connectivity index (χ1v) is 21.9. The number of carbonyl (C=O) groups excluding carboxylic acids is 2. The van der Waals surface area contributed by atoms with Crippen LogP contribution in [0.3, 0.4) is 0 Å². The fourth-order valence-corrected chi connectivity index (χ4v) is 9.90. The van der Waals surface area contributed by atoms with Crippen LogP contribution >= 0.6 is 0 Å². The number of ether oxygens (including phenoxy) is 4. The lowest BCUT2D eigenvalue weighted by Crippen LogP contribution is -2.59. The standard InChI is InChI=1S/2C23H40O6/c2*1-11-9-12(2)19(24)17(7)23(27)14(4)10-13(3)21(29-23)15(5)20(25)16(6)22(26)28-18(11)8/h2*9,11,13-21,24-25,27H,10H2,1-8H3/b2*12-9+/t2*11-,13-,14+,15-,16+,17+,18+,19-,20-,21-,23+/m00/s1. The number of hydrogen-bond acceptors (Lipinski definition) is 12. The molecule has 6 N–H and O–H groups in total. The maximum absolute atomic E-state index is 12.6. The Labute approximate surface area is 348 Å². The Kier molecular flexibility index (Phi) is 17.3. The summed E-state index contributed by atoms with van der Waals surface area (Å²) < 4.78 is 23.7. The van der Waals surface area contributed by atoms with Crippen LogP contribution in [0, 0.1) is 71.0 Å². The molecule has 4 heterocycles. The topological polar surface area (TPSA) is 192 Å². The lowest BCUT2D eigenvalue weighted by Gasteiger charge is -2.51. The van der Waals surface area contributed by atoms with Gasteiger partial charge < -0.3 is 49.6 Å². The van der Waals surface area contributed by atoms with Crippen molar-refractivity contribution in [2.24, 2.45) is 71.0 Å². The van der Waals surface area contributed by atoms with Crippen LogP contribution in [0.1, 0.15) is 124 Å². The van der Waals surface area contributed by atoms with Gasteiger partial charge in [-0.15, -0.1) is 0 Å². The molecule has 0 radical (unpaired) electrons. The molecule has 0 amide bonds. The maximum Gasteiger partial charge on any atom is 0.311 e. The van der Waals surface area contributed by atoms with E-state index in [-0.39, 0.29) is 47.3 Å². The van der Waals surface area contributed by atoms with Crippen molar-refractivity contribution in [2.45, 2.75) is 184 Å². The van der Waals surface area contributed by atoms with Gasteiger partial charge >= 0.3 is 11.9 Å². The van der Waals surface area contributed by atoms with Gasteiger partial charge in [-0.2, -0.15) is 0 Å². The van der Waals surface area contributed by atoms with E-state index >= 15 is 0 Å². The number of cyclic esters (lactones) is 2. The summed E-state index contributed by atoms with van der Waals surface area (Å²) in [6.45, 7) is 29.7. The van der Waals surface area contributed by atoms with Gasteiger partial charge in [0.25, 0.3) is 0 Å². The van der Waals surface area contributed by atoms with Gasteiger partial charge in [0.05, 0.1) is 48.5 Å². The molecule has 336 valence electrons. The Hall–Kier alpha value is -1.90. The van der Waals surface area contributed by atoms with E-state index < -0.39 is 96.0 Å². The lowest BCUT2D eigenvalue weighted by molar-refractivity contribution is -0.334. The van der Waals surface area contributed by atoms with Gasteiger partial charge in [-0.05, 0) is 77.4 Å². The van der Waals surface area contributed by atoms with Gasteiger partial charge in [-0.25, -0.2) is 0 Å². The van der Waals surface area contributed by atoms with Crippen molar-refractivity contribution in [1.82, 2.24) is 0 Å². The molecule has 4 bridgehead atoms. The molecule has 0 aromatic heterocycles. The van der Waals surface area contributed by atoms with Crippen molar-refractivity contribution in [1.29, 1.82) is 0 Å². The molecule has 0 saturated carbocycles. The largest absolute Gasteiger partial charge is 0.462 e. The zero-order valence-corrected chi connectivity index (χ0v) is 38.2. The zero-order chi connectivity index (χ0) is 44.5. The molecule has 0 aromatic rings. The first-order valence-electron chi connectivity index (χ1n) is 21.9. The summed E-state index contributed by atoms with van der Waals surface area (Å²) in [7, 11) is 0. The molecular formula is C46H80O12. The highest BCUT2D eigenvalue weighted by molar-refractivity contribution is 5.73. The monoisotopic (exact) mass is 825 g/mol. The molecule has 0 aliphatic carbocycles. The molecular weight excluding hydrogens is 744 g/mol. The van der Waals surface area contributed by atoms with Gasteiger partial charge in [-0.1, -0.05) is 81.4 Å². The molecule has 0 unspecified atom stereocenters. The SMILES string of the molecule is C/C1=C\[C@H](C)[C@@H](C)OC(=O)[C@H](C)[C@@H](O)[C@H](C)[C@H]2O[C@](O)([C@H](C)C[C@@H]2C)[C@H](C)[C@H]1O.C/C1=C\[C@H](C)[C@@H](C)OC(=O)[C@H](C)[C@@H](O)[C@H](C)[C@H]2O[C@](O)([C@H](C)C[C@@H]2C)[C@H](C)[C@H]1O. The fraction of sp³-hybridized carbons (Fsp3) is 0.870. The van der Waals surface area contributed by atoms with Crippen molar-refractivity contribution >= 4 is 11.9 Å². The second-order valence-electron chi connectivity index (χ2n) is 19.5. The number of carbonyl (C=O) groups is 2. The second kappa shape index (κ2) is 19.9. The minimum absolute atomic E-state index is 0.0889. The van der Waals surface area contributed by atoms with Crippen LogP contribution in [-0.4, -0.2) is 103 Å². The third-order valence-electron chi connectivity index (χ3n) is 14.8. The number of fused-ring (bicyclic) bond motifs is 4.